The van der Waals surface area contributed by atoms with Crippen molar-refractivity contribution >= 4 is 16.9 Å². The number of carbonyl (C=O) groups excluding carboxylic acids is 1. The summed E-state index contributed by atoms with van der Waals surface area (Å²) in [6, 6.07) is 7.85. The number of quaternary nitrogens is 1. The predicted octanol–water partition coefficient (Wildman–Crippen LogP) is 0.935. The molecule has 1 aromatic heterocycles. The third-order valence-corrected chi connectivity index (χ3v) is 3.41. The second-order valence-corrected chi connectivity index (χ2v) is 5.47. The van der Waals surface area contributed by atoms with Crippen LogP contribution in [0.5, 0.6) is 0 Å². The average Bonchev–Trinajstić information content (AvgIpc) is 2.71. The number of fused-ring (bicyclic) bond motifs is 1. The Kier molecular flexibility index (Phi) is 4.79. The van der Waals surface area contributed by atoms with E-state index in [2.05, 4.69) is 19.4 Å². The zero-order valence-electron chi connectivity index (χ0n) is 12.5. The van der Waals surface area contributed by atoms with Crippen molar-refractivity contribution in [3.63, 3.8) is 0 Å². The molecule has 1 aromatic carbocycles. The molecular weight excluding hydrogens is 252 g/mol. The van der Waals surface area contributed by atoms with E-state index >= 15 is 0 Å². The number of aryl methyl sites for hydroxylation is 1. The predicted molar refractivity (Wildman–Crippen MR) is 80.0 cm³/mol. The Bertz CT molecular complexity index is 587. The Morgan fingerprint density at radius 3 is 2.80 bits per heavy atom. The Morgan fingerprint density at radius 1 is 1.30 bits per heavy atom. The third-order valence-electron chi connectivity index (χ3n) is 3.41. The van der Waals surface area contributed by atoms with Gasteiger partial charge in [0.25, 0.3) is 0 Å². The number of para-hydroxylation sites is 1. The summed E-state index contributed by atoms with van der Waals surface area (Å²) in [7, 11) is 4.23. The smallest absolute Gasteiger partial charge is 0.224 e. The van der Waals surface area contributed by atoms with Gasteiger partial charge in [-0.15, -0.1) is 0 Å². The highest BCUT2D eigenvalue weighted by Crippen LogP contribution is 2.25. The van der Waals surface area contributed by atoms with Crippen LogP contribution in [0.3, 0.4) is 0 Å². The van der Waals surface area contributed by atoms with Crippen molar-refractivity contribution in [2.45, 2.75) is 19.8 Å². The van der Waals surface area contributed by atoms with Crippen LogP contribution in [0.2, 0.25) is 0 Å². The van der Waals surface area contributed by atoms with Gasteiger partial charge in [0.1, 0.15) is 11.3 Å². The monoisotopic (exact) mass is 275 g/mol. The lowest BCUT2D eigenvalue weighted by molar-refractivity contribution is -0.858. The van der Waals surface area contributed by atoms with Crippen LogP contribution in [0.1, 0.15) is 17.7 Å². The van der Waals surface area contributed by atoms with Crippen LogP contribution in [0.25, 0.3) is 11.0 Å². The molecule has 2 aromatic rings. The highest BCUT2D eigenvalue weighted by atomic mass is 16.3. The van der Waals surface area contributed by atoms with Crippen LogP contribution in [-0.4, -0.2) is 33.1 Å². The van der Waals surface area contributed by atoms with Gasteiger partial charge in [-0.05, 0) is 13.0 Å². The molecule has 0 atom stereocenters. The van der Waals surface area contributed by atoms with Crippen molar-refractivity contribution in [3.8, 4) is 0 Å². The van der Waals surface area contributed by atoms with E-state index in [0.29, 0.717) is 6.42 Å². The molecule has 0 aliphatic heterocycles. The van der Waals surface area contributed by atoms with Crippen LogP contribution in [0, 0.1) is 6.92 Å². The average molecular weight is 275 g/mol. The minimum absolute atomic E-state index is 0.0633. The zero-order chi connectivity index (χ0) is 14.5. The number of hydrogen-bond acceptors (Lipinski definition) is 2. The summed E-state index contributed by atoms with van der Waals surface area (Å²) in [6.45, 7) is 3.71. The molecule has 2 rings (SSSR count). The van der Waals surface area contributed by atoms with E-state index in [0.717, 1.165) is 41.8 Å². The molecule has 0 spiro atoms. The van der Waals surface area contributed by atoms with Crippen molar-refractivity contribution in [3.05, 3.63) is 35.6 Å². The highest BCUT2D eigenvalue weighted by molar-refractivity contribution is 5.88. The van der Waals surface area contributed by atoms with Gasteiger partial charge in [0.2, 0.25) is 5.91 Å². The summed E-state index contributed by atoms with van der Waals surface area (Å²) in [6.07, 6.45) is 1.39. The van der Waals surface area contributed by atoms with Gasteiger partial charge in [0.05, 0.1) is 27.1 Å². The largest absolute Gasteiger partial charge is 0.461 e. The number of furan rings is 1. The summed E-state index contributed by atoms with van der Waals surface area (Å²) in [4.78, 5) is 13.4. The molecule has 0 aliphatic rings. The van der Waals surface area contributed by atoms with Gasteiger partial charge in [0.15, 0.2) is 0 Å². The molecule has 4 nitrogen and oxygen atoms in total. The normalized spacial score (nSPS) is 11.2. The molecule has 4 heteroatoms. The maximum absolute atomic E-state index is 12.0. The maximum Gasteiger partial charge on any atom is 0.224 e. The van der Waals surface area contributed by atoms with Crippen LogP contribution < -0.4 is 10.2 Å². The molecule has 108 valence electrons. The number of nitrogens with one attached hydrogen (secondary N) is 2. The zero-order valence-corrected chi connectivity index (χ0v) is 12.5. The SMILES string of the molecule is Cc1oc2ccccc2c1CC(=O)NCCC[NH+](C)C. The van der Waals surface area contributed by atoms with Gasteiger partial charge in [-0.1, -0.05) is 18.2 Å². The van der Waals surface area contributed by atoms with Crippen molar-refractivity contribution in [1.82, 2.24) is 5.32 Å². The fourth-order valence-corrected chi connectivity index (χ4v) is 2.33. The summed E-state index contributed by atoms with van der Waals surface area (Å²) in [5.74, 6) is 0.896. The molecule has 0 saturated carbocycles. The van der Waals surface area contributed by atoms with Gasteiger partial charge >= 0.3 is 0 Å². The van der Waals surface area contributed by atoms with Crippen molar-refractivity contribution < 1.29 is 14.1 Å². The molecule has 0 unspecified atom stereocenters. The van der Waals surface area contributed by atoms with E-state index in [1.54, 1.807) is 0 Å². The van der Waals surface area contributed by atoms with Gasteiger partial charge < -0.3 is 14.6 Å². The topological polar surface area (TPSA) is 46.7 Å². The quantitative estimate of drug-likeness (QED) is 0.771. The van der Waals surface area contributed by atoms with Gasteiger partial charge in [0, 0.05) is 23.9 Å². The van der Waals surface area contributed by atoms with E-state index in [9.17, 15) is 4.79 Å². The molecule has 1 heterocycles. The van der Waals surface area contributed by atoms with Crippen molar-refractivity contribution in [1.29, 1.82) is 0 Å². The molecule has 1 amide bonds. The van der Waals surface area contributed by atoms with Gasteiger partial charge in [-0.25, -0.2) is 0 Å². The molecule has 0 saturated heterocycles. The molecule has 0 aliphatic carbocycles. The van der Waals surface area contributed by atoms with Gasteiger partial charge in [-0.3, -0.25) is 4.79 Å². The van der Waals surface area contributed by atoms with E-state index in [4.69, 9.17) is 4.42 Å². The van der Waals surface area contributed by atoms with Crippen LogP contribution >= 0.6 is 0 Å². The second kappa shape index (κ2) is 6.57. The van der Waals surface area contributed by atoms with Crippen LogP contribution in [-0.2, 0) is 11.2 Å². The lowest BCUT2D eigenvalue weighted by atomic mass is 10.1. The van der Waals surface area contributed by atoms with E-state index in [1.165, 1.54) is 4.90 Å². The second-order valence-electron chi connectivity index (χ2n) is 5.47. The summed E-state index contributed by atoms with van der Waals surface area (Å²) in [5, 5.41) is 4.01. The van der Waals surface area contributed by atoms with Crippen LogP contribution in [0.4, 0.5) is 0 Å². The Labute approximate surface area is 119 Å². The first kappa shape index (κ1) is 14.6. The molecular formula is C16H23N2O2+. The lowest BCUT2D eigenvalue weighted by Crippen LogP contribution is -3.05. The third kappa shape index (κ3) is 3.61. The number of benzene rings is 1. The van der Waals surface area contributed by atoms with E-state index < -0.39 is 0 Å². The van der Waals surface area contributed by atoms with E-state index in [1.807, 2.05) is 31.2 Å². The highest BCUT2D eigenvalue weighted by Gasteiger charge is 2.13. The number of amides is 1. The fraction of sp³-hybridized carbons (Fsp3) is 0.438. The van der Waals surface area contributed by atoms with Crippen molar-refractivity contribution in [2.75, 3.05) is 27.2 Å². The van der Waals surface area contributed by atoms with Crippen LogP contribution in [0.15, 0.2) is 28.7 Å². The standard InChI is InChI=1S/C16H22N2O2/c1-12-14(13-7-4-5-8-15(13)20-12)11-16(19)17-9-6-10-18(2)3/h4-5,7-8H,6,9-11H2,1-3H3,(H,17,19)/p+1. The Hall–Kier alpha value is -1.81. The molecule has 2 N–H and O–H groups in total. The maximum atomic E-state index is 12.0. The first-order valence-corrected chi connectivity index (χ1v) is 7.10. The minimum atomic E-state index is 0.0633. The molecule has 20 heavy (non-hydrogen) atoms. The summed E-state index contributed by atoms with van der Waals surface area (Å²) in [5.41, 5.74) is 1.85. The Morgan fingerprint density at radius 2 is 2.05 bits per heavy atom. The number of carbonyl (C=O) groups is 1. The minimum Gasteiger partial charge on any atom is -0.461 e. The first-order valence-electron chi connectivity index (χ1n) is 7.10. The first-order chi connectivity index (χ1) is 9.58. The number of hydrogen-bond donors (Lipinski definition) is 2. The number of rotatable bonds is 6. The fourth-order valence-electron chi connectivity index (χ4n) is 2.33. The van der Waals surface area contributed by atoms with Crippen molar-refractivity contribution in [2.24, 2.45) is 0 Å². The molecule has 0 bridgehead atoms. The Balaban J connectivity index is 1.94. The molecule has 0 radical (unpaired) electrons. The van der Waals surface area contributed by atoms with E-state index in [-0.39, 0.29) is 5.91 Å². The lowest BCUT2D eigenvalue weighted by Gasteiger charge is -2.08. The molecule has 0 fully saturated rings. The summed E-state index contributed by atoms with van der Waals surface area (Å²) >= 11 is 0. The van der Waals surface area contributed by atoms with Gasteiger partial charge in [-0.2, -0.15) is 0 Å². The summed E-state index contributed by atoms with van der Waals surface area (Å²) < 4.78 is 5.67.